The van der Waals surface area contributed by atoms with Crippen molar-refractivity contribution in [3.05, 3.63) is 50.8 Å². The molecule has 19 heavy (non-hydrogen) atoms. The van der Waals surface area contributed by atoms with Crippen LogP contribution < -0.4 is 11.1 Å². The number of rotatable bonds is 2. The molecular formula is C12H8Br2FN3O. The Labute approximate surface area is 125 Å². The zero-order chi connectivity index (χ0) is 14.0. The van der Waals surface area contributed by atoms with Crippen LogP contribution in [0.15, 0.2) is 39.4 Å². The third-order valence-corrected chi connectivity index (χ3v) is 3.56. The van der Waals surface area contributed by atoms with E-state index >= 15 is 0 Å². The number of nitrogens with one attached hydrogen (secondary N) is 1. The predicted molar refractivity (Wildman–Crippen MR) is 78.4 cm³/mol. The van der Waals surface area contributed by atoms with Gasteiger partial charge in [0.25, 0.3) is 5.91 Å². The van der Waals surface area contributed by atoms with Crippen LogP contribution in [0.2, 0.25) is 0 Å². The van der Waals surface area contributed by atoms with Gasteiger partial charge in [-0.3, -0.25) is 4.79 Å². The van der Waals surface area contributed by atoms with Crippen molar-refractivity contribution in [2.24, 2.45) is 0 Å². The van der Waals surface area contributed by atoms with E-state index in [2.05, 4.69) is 42.2 Å². The van der Waals surface area contributed by atoms with Crippen LogP contribution in [0.25, 0.3) is 0 Å². The number of hydrogen-bond acceptors (Lipinski definition) is 3. The Morgan fingerprint density at radius 2 is 2.00 bits per heavy atom. The van der Waals surface area contributed by atoms with Crippen molar-refractivity contribution >= 4 is 49.3 Å². The second kappa shape index (κ2) is 5.66. The van der Waals surface area contributed by atoms with Crippen molar-refractivity contribution in [3.63, 3.8) is 0 Å². The highest BCUT2D eigenvalue weighted by molar-refractivity contribution is 9.11. The normalized spacial score (nSPS) is 10.3. The summed E-state index contributed by atoms with van der Waals surface area (Å²) in [5, 5.41) is 2.57. The van der Waals surface area contributed by atoms with Crippen molar-refractivity contribution in [3.8, 4) is 0 Å². The topological polar surface area (TPSA) is 68.0 Å². The molecule has 0 aliphatic heterocycles. The molecule has 1 aromatic heterocycles. The van der Waals surface area contributed by atoms with Gasteiger partial charge in [-0.05, 0) is 56.1 Å². The lowest BCUT2D eigenvalue weighted by atomic mass is 10.2. The van der Waals surface area contributed by atoms with Gasteiger partial charge in [-0.25, -0.2) is 9.37 Å². The number of nitrogens with two attached hydrogens (primary N) is 1. The smallest absolute Gasteiger partial charge is 0.258 e. The zero-order valence-corrected chi connectivity index (χ0v) is 12.6. The molecular weight excluding hydrogens is 381 g/mol. The first-order valence-electron chi connectivity index (χ1n) is 5.15. The van der Waals surface area contributed by atoms with E-state index < -0.39 is 11.7 Å². The van der Waals surface area contributed by atoms with Gasteiger partial charge in [-0.2, -0.15) is 0 Å². The number of nitrogens with zero attached hydrogens (tertiary/aromatic N) is 1. The van der Waals surface area contributed by atoms with Gasteiger partial charge in [0, 0.05) is 4.47 Å². The minimum absolute atomic E-state index is 0.186. The Balaban J connectivity index is 2.28. The molecule has 0 bridgehead atoms. The summed E-state index contributed by atoms with van der Waals surface area (Å²) < 4.78 is 14.2. The number of hydrogen-bond donors (Lipinski definition) is 2. The molecule has 2 rings (SSSR count). The van der Waals surface area contributed by atoms with Crippen molar-refractivity contribution in [2.75, 3.05) is 11.1 Å². The first kappa shape index (κ1) is 14.0. The van der Waals surface area contributed by atoms with E-state index in [0.717, 1.165) is 6.07 Å². The lowest BCUT2D eigenvalue weighted by Gasteiger charge is -2.08. The van der Waals surface area contributed by atoms with Crippen molar-refractivity contribution in [1.29, 1.82) is 0 Å². The molecule has 0 spiro atoms. The second-order valence-electron chi connectivity index (χ2n) is 3.68. The fraction of sp³-hybridized carbons (Fsp3) is 0. The van der Waals surface area contributed by atoms with E-state index in [1.54, 1.807) is 6.07 Å². The minimum Gasteiger partial charge on any atom is -0.397 e. The molecule has 1 aromatic carbocycles. The van der Waals surface area contributed by atoms with Crippen LogP contribution in [0.3, 0.4) is 0 Å². The molecule has 1 amide bonds. The molecule has 0 aliphatic carbocycles. The highest BCUT2D eigenvalue weighted by Crippen LogP contribution is 2.24. The third-order valence-electron chi connectivity index (χ3n) is 2.27. The number of anilines is 2. The lowest BCUT2D eigenvalue weighted by molar-refractivity contribution is 0.102. The summed E-state index contributed by atoms with van der Waals surface area (Å²) in [6.45, 7) is 0. The lowest BCUT2D eigenvalue weighted by Crippen LogP contribution is -2.14. The molecule has 1 heterocycles. The van der Waals surface area contributed by atoms with Crippen molar-refractivity contribution < 1.29 is 9.18 Å². The van der Waals surface area contributed by atoms with Gasteiger partial charge in [-0.1, -0.05) is 0 Å². The molecule has 7 heteroatoms. The fourth-order valence-corrected chi connectivity index (χ4v) is 2.28. The summed E-state index contributed by atoms with van der Waals surface area (Å²) in [5.41, 5.74) is 6.21. The van der Waals surface area contributed by atoms with Gasteiger partial charge in [-0.15, -0.1) is 0 Å². The summed E-state index contributed by atoms with van der Waals surface area (Å²) in [6, 6.07) is 5.49. The zero-order valence-electron chi connectivity index (χ0n) is 9.45. The maximum Gasteiger partial charge on any atom is 0.258 e. The number of benzene rings is 1. The van der Waals surface area contributed by atoms with Gasteiger partial charge >= 0.3 is 0 Å². The Morgan fingerprint density at radius 3 is 2.68 bits per heavy atom. The summed E-state index contributed by atoms with van der Waals surface area (Å²) in [6.07, 6.45) is 1.42. The first-order valence-corrected chi connectivity index (χ1v) is 6.73. The van der Waals surface area contributed by atoms with E-state index in [9.17, 15) is 9.18 Å². The van der Waals surface area contributed by atoms with Crippen LogP contribution in [0.1, 0.15) is 10.4 Å². The monoisotopic (exact) mass is 387 g/mol. The van der Waals surface area contributed by atoms with Crippen LogP contribution in [-0.2, 0) is 0 Å². The summed E-state index contributed by atoms with van der Waals surface area (Å²) in [4.78, 5) is 16.0. The number of nitrogen functional groups attached to an aromatic ring is 1. The molecule has 4 nitrogen and oxygen atoms in total. The standard InChI is InChI=1S/C12H8Br2FN3O/c13-9-2-1-6(15)3-8(9)12(19)18-11-10(14)4-7(16)5-17-11/h1-5H,16H2,(H,17,18,19). The maximum atomic E-state index is 13.1. The van der Waals surface area contributed by atoms with Gasteiger partial charge in [0.2, 0.25) is 0 Å². The molecule has 2 aromatic rings. The van der Waals surface area contributed by atoms with E-state index in [1.165, 1.54) is 18.3 Å². The molecule has 0 radical (unpaired) electrons. The average Bonchev–Trinajstić information content (AvgIpc) is 2.35. The molecule has 0 unspecified atom stereocenters. The van der Waals surface area contributed by atoms with E-state index in [-0.39, 0.29) is 5.56 Å². The predicted octanol–water partition coefficient (Wildman–Crippen LogP) is 3.58. The fourth-order valence-electron chi connectivity index (χ4n) is 1.39. The van der Waals surface area contributed by atoms with Gasteiger partial charge < -0.3 is 11.1 Å². The second-order valence-corrected chi connectivity index (χ2v) is 5.39. The van der Waals surface area contributed by atoms with Gasteiger partial charge in [0.15, 0.2) is 0 Å². The van der Waals surface area contributed by atoms with Gasteiger partial charge in [0.1, 0.15) is 11.6 Å². The van der Waals surface area contributed by atoms with Crippen molar-refractivity contribution in [1.82, 2.24) is 4.98 Å². The molecule has 3 N–H and O–H groups in total. The number of amides is 1. The maximum absolute atomic E-state index is 13.1. The Hall–Kier alpha value is -1.47. The molecule has 98 valence electrons. The number of carbonyl (C=O) groups is 1. The van der Waals surface area contributed by atoms with Crippen LogP contribution in [-0.4, -0.2) is 10.9 Å². The minimum atomic E-state index is -0.488. The number of halogens is 3. The highest BCUT2D eigenvalue weighted by atomic mass is 79.9. The van der Waals surface area contributed by atoms with E-state index in [1.807, 2.05) is 0 Å². The number of carbonyl (C=O) groups excluding carboxylic acids is 1. The molecule has 0 aliphatic rings. The summed E-state index contributed by atoms with van der Waals surface area (Å²) >= 11 is 6.43. The van der Waals surface area contributed by atoms with Gasteiger partial charge in [0.05, 0.1) is 21.9 Å². The molecule has 0 fully saturated rings. The van der Waals surface area contributed by atoms with Crippen LogP contribution in [0, 0.1) is 5.82 Å². The quantitative estimate of drug-likeness (QED) is 0.826. The number of pyridine rings is 1. The average molecular weight is 389 g/mol. The number of aromatic nitrogens is 1. The van der Waals surface area contributed by atoms with Crippen LogP contribution >= 0.6 is 31.9 Å². The first-order chi connectivity index (χ1) is 8.97. The van der Waals surface area contributed by atoms with Crippen molar-refractivity contribution in [2.45, 2.75) is 0 Å². The molecule has 0 saturated heterocycles. The Bertz CT molecular complexity index is 649. The van der Waals surface area contributed by atoms with E-state index in [0.29, 0.717) is 20.5 Å². The molecule has 0 atom stereocenters. The largest absolute Gasteiger partial charge is 0.397 e. The SMILES string of the molecule is Nc1cnc(NC(=O)c2cc(F)ccc2Br)c(Br)c1. The Kier molecular flexibility index (Phi) is 4.16. The summed E-state index contributed by atoms with van der Waals surface area (Å²) in [5.74, 6) is -0.641. The third kappa shape index (κ3) is 3.30. The Morgan fingerprint density at radius 1 is 1.26 bits per heavy atom. The van der Waals surface area contributed by atoms with Crippen LogP contribution in [0.4, 0.5) is 15.9 Å². The van der Waals surface area contributed by atoms with Crippen LogP contribution in [0.5, 0.6) is 0 Å². The van der Waals surface area contributed by atoms with E-state index in [4.69, 9.17) is 5.73 Å². The molecule has 0 saturated carbocycles. The summed E-state index contributed by atoms with van der Waals surface area (Å²) in [7, 11) is 0. The highest BCUT2D eigenvalue weighted by Gasteiger charge is 2.13.